The van der Waals surface area contributed by atoms with Crippen molar-refractivity contribution in [1.29, 1.82) is 0 Å². The zero-order valence-corrected chi connectivity index (χ0v) is 32.9. The Hall–Kier alpha value is -5.87. The number of hydrogen-bond acceptors (Lipinski definition) is 8. The highest BCUT2D eigenvalue weighted by Crippen LogP contribution is 2.42. The summed E-state index contributed by atoms with van der Waals surface area (Å²) in [5.41, 5.74) is 10.0. The summed E-state index contributed by atoms with van der Waals surface area (Å²) in [6.07, 6.45) is 2.25. The van der Waals surface area contributed by atoms with Crippen LogP contribution >= 0.6 is 0 Å². The third-order valence-electron chi connectivity index (χ3n) is 12.1. The summed E-state index contributed by atoms with van der Waals surface area (Å²) in [5, 5.41) is 11.9. The Morgan fingerprint density at radius 2 is 1.35 bits per heavy atom. The van der Waals surface area contributed by atoms with E-state index in [9.17, 15) is 14.7 Å². The van der Waals surface area contributed by atoms with E-state index in [-0.39, 0.29) is 37.1 Å². The minimum absolute atomic E-state index is 0.0959. The molecule has 0 saturated heterocycles. The summed E-state index contributed by atoms with van der Waals surface area (Å²) in [6.45, 7) is 7.49. The van der Waals surface area contributed by atoms with Gasteiger partial charge in [0.15, 0.2) is 11.5 Å². The number of benzene rings is 4. The van der Waals surface area contributed by atoms with Gasteiger partial charge in [0, 0.05) is 36.8 Å². The molecule has 5 heterocycles. The number of pyridine rings is 1. The number of aliphatic hydroxyl groups excluding tert-OH is 1. The number of amides is 2. The molecule has 1 aromatic heterocycles. The van der Waals surface area contributed by atoms with Gasteiger partial charge in [-0.1, -0.05) is 54.6 Å². The molecule has 0 spiro atoms. The lowest BCUT2D eigenvalue weighted by Gasteiger charge is -2.42. The maximum Gasteiger partial charge on any atom is 0.256 e. The van der Waals surface area contributed by atoms with Crippen molar-refractivity contribution in [3.05, 3.63) is 147 Å². The van der Waals surface area contributed by atoms with Crippen molar-refractivity contribution in [1.82, 2.24) is 14.8 Å². The van der Waals surface area contributed by atoms with Gasteiger partial charge in [-0.15, -0.1) is 0 Å². The lowest BCUT2D eigenvalue weighted by Crippen LogP contribution is -2.55. The van der Waals surface area contributed by atoms with Crippen molar-refractivity contribution in [3.63, 3.8) is 0 Å². The highest BCUT2D eigenvalue weighted by atomic mass is 16.5. The molecule has 5 aromatic rings. The van der Waals surface area contributed by atoms with Gasteiger partial charge in [-0.2, -0.15) is 0 Å². The van der Waals surface area contributed by atoms with Gasteiger partial charge < -0.3 is 34.0 Å². The van der Waals surface area contributed by atoms with Crippen molar-refractivity contribution in [2.45, 2.75) is 97.1 Å². The molecule has 2 amide bonds. The summed E-state index contributed by atoms with van der Waals surface area (Å²) >= 11 is 0. The number of rotatable bonds is 8. The second kappa shape index (κ2) is 14.9. The van der Waals surface area contributed by atoms with Gasteiger partial charge in [0.2, 0.25) is 0 Å². The van der Waals surface area contributed by atoms with E-state index in [1.54, 1.807) is 18.1 Å². The fourth-order valence-corrected chi connectivity index (χ4v) is 9.15. The quantitative estimate of drug-likeness (QED) is 0.177. The van der Waals surface area contributed by atoms with E-state index < -0.39 is 12.3 Å². The van der Waals surface area contributed by atoms with Gasteiger partial charge >= 0.3 is 0 Å². The van der Waals surface area contributed by atoms with Crippen molar-refractivity contribution in [2.24, 2.45) is 0 Å². The molecule has 1 N–H and O–H groups in total. The number of fused-ring (bicyclic) bond motifs is 6. The summed E-state index contributed by atoms with van der Waals surface area (Å²) in [7, 11) is 1.56. The molecule has 4 aliphatic rings. The fraction of sp³-hybridized carbons (Fsp3) is 0.340. The summed E-state index contributed by atoms with van der Waals surface area (Å²) in [4.78, 5) is 38.7. The van der Waals surface area contributed by atoms with Crippen LogP contribution < -0.4 is 19.1 Å². The van der Waals surface area contributed by atoms with Crippen LogP contribution in [-0.2, 0) is 45.6 Å². The van der Waals surface area contributed by atoms with Crippen molar-refractivity contribution in [3.8, 4) is 17.2 Å². The SMILES string of the molecule is COc1cc2c(cc1OCc1cccc(COc3cc4c(cc3C)C(=O)N3Cc5ccccc5C[C@H]3CC4)n1)N(C(C)C)C(O)[C@@H]1Cc3ccccc3CN1C2=O. The first-order chi connectivity index (χ1) is 27.7. The minimum Gasteiger partial charge on any atom is -0.493 e. The van der Waals surface area contributed by atoms with Crippen molar-refractivity contribution in [2.75, 3.05) is 12.0 Å². The predicted molar refractivity (Wildman–Crippen MR) is 217 cm³/mol. The van der Waals surface area contributed by atoms with Gasteiger partial charge in [0.05, 0.1) is 35.8 Å². The van der Waals surface area contributed by atoms with Crippen LogP contribution in [0, 0.1) is 6.92 Å². The normalized spacial score (nSPS) is 19.7. The summed E-state index contributed by atoms with van der Waals surface area (Å²) in [5.74, 6) is 1.56. The molecular weight excluding hydrogens is 717 g/mol. The number of aliphatic hydroxyl groups is 1. The third-order valence-corrected chi connectivity index (χ3v) is 12.1. The zero-order valence-electron chi connectivity index (χ0n) is 32.9. The first kappa shape index (κ1) is 36.7. The Labute approximate surface area is 333 Å². The number of hydrogen-bond donors (Lipinski definition) is 1. The number of nitrogens with zero attached hydrogens (tertiary/aromatic N) is 4. The third kappa shape index (κ3) is 6.75. The van der Waals surface area contributed by atoms with Crippen LogP contribution in [0.2, 0.25) is 0 Å². The zero-order chi connectivity index (χ0) is 39.4. The van der Waals surface area contributed by atoms with Gasteiger partial charge in [0.25, 0.3) is 11.8 Å². The maximum atomic E-state index is 14.2. The van der Waals surface area contributed by atoms with Crippen LogP contribution in [0.5, 0.6) is 17.2 Å². The first-order valence-electron chi connectivity index (χ1n) is 19.9. The van der Waals surface area contributed by atoms with E-state index >= 15 is 0 Å². The summed E-state index contributed by atoms with van der Waals surface area (Å²) < 4.78 is 18.5. The van der Waals surface area contributed by atoms with E-state index in [2.05, 4.69) is 29.2 Å². The molecule has 10 nitrogen and oxygen atoms in total. The largest absolute Gasteiger partial charge is 0.493 e. The highest BCUT2D eigenvalue weighted by molar-refractivity contribution is 6.02. The lowest BCUT2D eigenvalue weighted by atomic mass is 9.92. The van der Waals surface area contributed by atoms with Crippen LogP contribution in [0.15, 0.2) is 91.0 Å². The van der Waals surface area contributed by atoms with Crippen molar-refractivity contribution < 1.29 is 28.9 Å². The Kier molecular flexibility index (Phi) is 9.60. The molecule has 0 aliphatic carbocycles. The molecule has 57 heavy (non-hydrogen) atoms. The number of aromatic nitrogens is 1. The van der Waals surface area contributed by atoms with Crippen LogP contribution in [0.4, 0.5) is 5.69 Å². The monoisotopic (exact) mass is 764 g/mol. The smallest absolute Gasteiger partial charge is 0.256 e. The van der Waals surface area contributed by atoms with Crippen LogP contribution in [0.1, 0.15) is 85.8 Å². The van der Waals surface area contributed by atoms with E-state index in [0.29, 0.717) is 48.0 Å². The number of methoxy groups -OCH3 is 1. The minimum atomic E-state index is -0.924. The molecule has 1 unspecified atom stereocenters. The molecule has 0 bridgehead atoms. The topological polar surface area (TPSA) is 105 Å². The number of aryl methyl sites for hydroxylation is 2. The Morgan fingerprint density at radius 3 is 2.04 bits per heavy atom. The van der Waals surface area contributed by atoms with Gasteiger partial charge in [0.1, 0.15) is 25.2 Å². The molecule has 10 heteroatoms. The van der Waals surface area contributed by atoms with E-state index in [4.69, 9.17) is 19.2 Å². The van der Waals surface area contributed by atoms with E-state index in [1.807, 2.05) is 86.3 Å². The molecule has 0 saturated carbocycles. The Balaban J connectivity index is 0.910. The van der Waals surface area contributed by atoms with Gasteiger partial charge in [-0.05, 0) is 110 Å². The van der Waals surface area contributed by atoms with Gasteiger partial charge in [-0.25, -0.2) is 0 Å². The molecule has 4 aromatic carbocycles. The number of ether oxygens (including phenoxy) is 3. The standard InChI is InChI=1S/C47H48N4O6/c1-28(2)51-40-23-44(43(55-4)22-39(40)46(53)50-25-34-13-8-6-11-31(34)20-41(50)47(51)54)57-27-36-15-9-14-35(48-36)26-56-42-21-32-16-17-37-19-30-10-5-7-12-33(30)24-49(37)45(52)38(32)18-29(42)3/h5-15,18,21-23,28,37,41,47,54H,16-17,19-20,24-27H2,1-4H3/t37-,41+,47?/m1/s1. The Morgan fingerprint density at radius 1 is 0.719 bits per heavy atom. The van der Waals surface area contributed by atoms with E-state index in [0.717, 1.165) is 58.5 Å². The lowest BCUT2D eigenvalue weighted by molar-refractivity contribution is 0.0292. The molecule has 4 aliphatic heterocycles. The second-order valence-electron chi connectivity index (χ2n) is 16.0. The van der Waals surface area contributed by atoms with Gasteiger partial charge in [-0.3, -0.25) is 14.6 Å². The predicted octanol–water partition coefficient (Wildman–Crippen LogP) is 7.18. The van der Waals surface area contributed by atoms with E-state index in [1.165, 1.54) is 11.1 Å². The molecule has 292 valence electrons. The first-order valence-corrected chi connectivity index (χ1v) is 19.9. The fourth-order valence-electron chi connectivity index (χ4n) is 9.15. The number of anilines is 1. The number of carbonyl (C=O) groups excluding carboxylic acids is 2. The number of carbonyl (C=O) groups is 2. The molecule has 0 fully saturated rings. The molecule has 9 rings (SSSR count). The average molecular weight is 765 g/mol. The average Bonchev–Trinajstić information content (AvgIpc) is 3.40. The summed E-state index contributed by atoms with van der Waals surface area (Å²) in [6, 6.07) is 29.5. The molecular formula is C47H48N4O6. The van der Waals surface area contributed by atoms with Crippen LogP contribution in [0.25, 0.3) is 0 Å². The molecule has 0 radical (unpaired) electrons. The van der Waals surface area contributed by atoms with Crippen LogP contribution in [0.3, 0.4) is 0 Å². The highest BCUT2D eigenvalue weighted by Gasteiger charge is 2.43. The second-order valence-corrected chi connectivity index (χ2v) is 16.0. The van der Waals surface area contributed by atoms with Crippen molar-refractivity contribution >= 4 is 17.5 Å². The maximum absolute atomic E-state index is 14.2. The molecule has 3 atom stereocenters. The van der Waals surface area contributed by atoms with Crippen LogP contribution in [-0.4, -0.2) is 63.2 Å². The Bertz CT molecular complexity index is 2380.